The van der Waals surface area contributed by atoms with Crippen LogP contribution in [0.1, 0.15) is 37.7 Å². The van der Waals surface area contributed by atoms with Crippen LogP contribution in [0.4, 0.5) is 5.82 Å². The molecule has 1 aromatic carbocycles. The first kappa shape index (κ1) is 12.3. The largest absolute Gasteiger partial charge is 0.348 e. The van der Waals surface area contributed by atoms with Gasteiger partial charge >= 0.3 is 0 Å². The molecule has 1 heterocycles. The summed E-state index contributed by atoms with van der Waals surface area (Å²) in [5.41, 5.74) is 1.36. The molecular formula is C16H21N3. The van der Waals surface area contributed by atoms with Gasteiger partial charge in [-0.15, -0.1) is 0 Å². The molecule has 0 unspecified atom stereocenters. The van der Waals surface area contributed by atoms with Crippen LogP contribution in [-0.2, 0) is 6.54 Å². The molecule has 0 atom stereocenters. The lowest BCUT2D eigenvalue weighted by Crippen LogP contribution is -2.36. The Balaban J connectivity index is 1.80. The minimum absolute atomic E-state index is 0.636. The molecule has 1 fully saturated rings. The van der Waals surface area contributed by atoms with Crippen molar-refractivity contribution >= 4 is 5.82 Å². The third-order valence-electron chi connectivity index (χ3n) is 3.99. The first-order chi connectivity index (χ1) is 9.43. The average molecular weight is 255 g/mol. The van der Waals surface area contributed by atoms with E-state index in [-0.39, 0.29) is 0 Å². The van der Waals surface area contributed by atoms with Crippen molar-refractivity contribution in [1.82, 2.24) is 10.2 Å². The van der Waals surface area contributed by atoms with Crippen LogP contribution in [0.15, 0.2) is 42.6 Å². The Kier molecular flexibility index (Phi) is 3.82. The molecular weight excluding hydrogens is 234 g/mol. The van der Waals surface area contributed by atoms with E-state index in [1.807, 2.05) is 6.20 Å². The fourth-order valence-corrected chi connectivity index (χ4v) is 2.98. The Labute approximate surface area is 114 Å². The number of H-pyrrole nitrogens is 1. The van der Waals surface area contributed by atoms with Crippen LogP contribution < -0.4 is 4.90 Å². The molecule has 3 nitrogen and oxygen atoms in total. The number of hydrogen-bond donors (Lipinski definition) is 1. The van der Waals surface area contributed by atoms with Crippen LogP contribution in [0.3, 0.4) is 0 Å². The van der Waals surface area contributed by atoms with Crippen LogP contribution in [0, 0.1) is 0 Å². The van der Waals surface area contributed by atoms with Gasteiger partial charge < -0.3 is 4.90 Å². The van der Waals surface area contributed by atoms with Crippen LogP contribution in [0.5, 0.6) is 0 Å². The highest BCUT2D eigenvalue weighted by Gasteiger charge is 2.22. The van der Waals surface area contributed by atoms with Crippen LogP contribution >= 0.6 is 0 Å². The van der Waals surface area contributed by atoms with Gasteiger partial charge in [-0.1, -0.05) is 49.6 Å². The van der Waals surface area contributed by atoms with E-state index in [1.165, 1.54) is 37.7 Å². The monoisotopic (exact) mass is 255 g/mol. The molecule has 1 aliphatic carbocycles. The van der Waals surface area contributed by atoms with Crippen molar-refractivity contribution in [2.75, 3.05) is 4.90 Å². The van der Waals surface area contributed by atoms with Crippen molar-refractivity contribution in [2.24, 2.45) is 0 Å². The summed E-state index contributed by atoms with van der Waals surface area (Å²) in [4.78, 5) is 2.46. The van der Waals surface area contributed by atoms with Crippen molar-refractivity contribution in [3.8, 4) is 0 Å². The standard InChI is InChI=1S/C16H21N3/c1-3-7-14(8-4-1)13-19(16-11-12-17-18-16)15-9-5-2-6-10-15/h1,3-4,7-8,11-12,15H,2,5-6,9-10,13H2,(H,17,18). The van der Waals surface area contributed by atoms with E-state index in [9.17, 15) is 0 Å². The molecule has 2 aromatic rings. The number of nitrogens with one attached hydrogen (secondary N) is 1. The van der Waals surface area contributed by atoms with E-state index in [4.69, 9.17) is 0 Å². The molecule has 0 radical (unpaired) electrons. The summed E-state index contributed by atoms with van der Waals surface area (Å²) in [6, 6.07) is 13.4. The summed E-state index contributed by atoms with van der Waals surface area (Å²) < 4.78 is 0. The lowest BCUT2D eigenvalue weighted by Gasteiger charge is -2.34. The quantitative estimate of drug-likeness (QED) is 0.902. The van der Waals surface area contributed by atoms with E-state index in [0.29, 0.717) is 6.04 Å². The molecule has 1 aliphatic rings. The van der Waals surface area contributed by atoms with Crippen molar-refractivity contribution < 1.29 is 0 Å². The van der Waals surface area contributed by atoms with Gasteiger partial charge in [0.1, 0.15) is 0 Å². The number of aromatic nitrogens is 2. The number of anilines is 1. The Hall–Kier alpha value is -1.77. The molecule has 1 aromatic heterocycles. The topological polar surface area (TPSA) is 31.9 Å². The third kappa shape index (κ3) is 2.98. The number of aromatic amines is 1. The third-order valence-corrected chi connectivity index (χ3v) is 3.99. The number of rotatable bonds is 4. The summed E-state index contributed by atoms with van der Waals surface area (Å²) in [5, 5.41) is 7.33. The maximum atomic E-state index is 4.39. The fraction of sp³-hybridized carbons (Fsp3) is 0.438. The summed E-state index contributed by atoms with van der Waals surface area (Å²) >= 11 is 0. The first-order valence-electron chi connectivity index (χ1n) is 7.24. The summed E-state index contributed by atoms with van der Waals surface area (Å²) in [7, 11) is 0. The molecule has 1 saturated carbocycles. The van der Waals surface area contributed by atoms with Gasteiger partial charge in [-0.3, -0.25) is 5.10 Å². The first-order valence-corrected chi connectivity index (χ1v) is 7.24. The van der Waals surface area contributed by atoms with Gasteiger partial charge in [-0.2, -0.15) is 5.10 Å². The zero-order valence-corrected chi connectivity index (χ0v) is 11.3. The van der Waals surface area contributed by atoms with Crippen molar-refractivity contribution in [2.45, 2.75) is 44.7 Å². The molecule has 0 saturated heterocycles. The summed E-state index contributed by atoms with van der Waals surface area (Å²) in [6.07, 6.45) is 8.58. The Morgan fingerprint density at radius 2 is 1.84 bits per heavy atom. The van der Waals surface area contributed by atoms with Gasteiger partial charge in [-0.25, -0.2) is 0 Å². The van der Waals surface area contributed by atoms with Gasteiger partial charge in [0.05, 0.1) is 0 Å². The lowest BCUT2D eigenvalue weighted by molar-refractivity contribution is 0.411. The number of hydrogen-bond acceptors (Lipinski definition) is 2. The van der Waals surface area contributed by atoms with Gasteiger partial charge in [0.2, 0.25) is 0 Å². The highest BCUT2D eigenvalue weighted by molar-refractivity contribution is 5.39. The van der Waals surface area contributed by atoms with Crippen LogP contribution in [0.2, 0.25) is 0 Å². The van der Waals surface area contributed by atoms with Crippen LogP contribution in [0.25, 0.3) is 0 Å². The van der Waals surface area contributed by atoms with Gasteiger partial charge in [0.15, 0.2) is 5.82 Å². The highest BCUT2D eigenvalue weighted by Crippen LogP contribution is 2.27. The zero-order valence-electron chi connectivity index (χ0n) is 11.3. The second-order valence-corrected chi connectivity index (χ2v) is 5.34. The SMILES string of the molecule is c1ccc(CN(c2cc[nH]n2)C2CCCCC2)cc1. The van der Waals surface area contributed by atoms with Gasteiger partial charge in [0.25, 0.3) is 0 Å². The van der Waals surface area contributed by atoms with E-state index < -0.39 is 0 Å². The van der Waals surface area contributed by atoms with Crippen molar-refractivity contribution in [1.29, 1.82) is 0 Å². The smallest absolute Gasteiger partial charge is 0.150 e. The second kappa shape index (κ2) is 5.91. The average Bonchev–Trinajstić information content (AvgIpc) is 3.01. The van der Waals surface area contributed by atoms with Crippen molar-refractivity contribution in [3.05, 3.63) is 48.2 Å². The highest BCUT2D eigenvalue weighted by atomic mass is 15.3. The van der Waals surface area contributed by atoms with E-state index in [2.05, 4.69) is 51.5 Å². The van der Waals surface area contributed by atoms with Crippen LogP contribution in [-0.4, -0.2) is 16.2 Å². The second-order valence-electron chi connectivity index (χ2n) is 5.34. The molecule has 19 heavy (non-hydrogen) atoms. The molecule has 100 valence electrons. The van der Waals surface area contributed by atoms with Gasteiger partial charge in [0, 0.05) is 24.8 Å². The van der Waals surface area contributed by atoms with E-state index in [1.54, 1.807) is 0 Å². The Bertz CT molecular complexity index is 472. The maximum Gasteiger partial charge on any atom is 0.150 e. The zero-order chi connectivity index (χ0) is 12.9. The predicted molar refractivity (Wildman–Crippen MR) is 78.1 cm³/mol. The Morgan fingerprint density at radius 3 is 2.53 bits per heavy atom. The molecule has 1 N–H and O–H groups in total. The summed E-state index contributed by atoms with van der Waals surface area (Å²) in [5.74, 6) is 1.08. The predicted octanol–water partition coefficient (Wildman–Crippen LogP) is 3.75. The van der Waals surface area contributed by atoms with E-state index in [0.717, 1.165) is 12.4 Å². The molecule has 3 heteroatoms. The minimum Gasteiger partial charge on any atom is -0.348 e. The number of nitrogens with zero attached hydrogens (tertiary/aromatic N) is 2. The minimum atomic E-state index is 0.636. The normalized spacial score (nSPS) is 16.4. The maximum absolute atomic E-state index is 4.39. The van der Waals surface area contributed by atoms with Gasteiger partial charge in [-0.05, 0) is 18.4 Å². The molecule has 0 bridgehead atoms. The fourth-order valence-electron chi connectivity index (χ4n) is 2.98. The lowest BCUT2D eigenvalue weighted by atomic mass is 9.94. The summed E-state index contributed by atoms with van der Waals surface area (Å²) in [6.45, 7) is 0.955. The van der Waals surface area contributed by atoms with Crippen molar-refractivity contribution in [3.63, 3.8) is 0 Å². The Morgan fingerprint density at radius 1 is 1.05 bits per heavy atom. The molecule has 0 aliphatic heterocycles. The molecule has 0 amide bonds. The molecule has 3 rings (SSSR count). The molecule has 0 spiro atoms. The number of benzene rings is 1. The van der Waals surface area contributed by atoms with E-state index >= 15 is 0 Å².